The van der Waals surface area contributed by atoms with E-state index >= 15 is 0 Å². The van der Waals surface area contributed by atoms with Crippen molar-refractivity contribution >= 4 is 16.8 Å². The lowest BCUT2D eigenvalue weighted by Gasteiger charge is -2.28. The van der Waals surface area contributed by atoms with Crippen molar-refractivity contribution < 1.29 is 19.0 Å². The highest BCUT2D eigenvalue weighted by molar-refractivity contribution is 5.87. The van der Waals surface area contributed by atoms with Gasteiger partial charge in [0.25, 0.3) is 0 Å². The van der Waals surface area contributed by atoms with E-state index in [1.54, 1.807) is 14.2 Å². The summed E-state index contributed by atoms with van der Waals surface area (Å²) in [6.07, 6.45) is 2.62. The fraction of sp³-hybridized carbons (Fsp3) is 0.300. The second kappa shape index (κ2) is 10.9. The van der Waals surface area contributed by atoms with E-state index in [-0.39, 0.29) is 11.8 Å². The molecule has 6 heteroatoms. The molecule has 0 spiro atoms. The summed E-state index contributed by atoms with van der Waals surface area (Å²) in [5, 5.41) is 1.17. The Morgan fingerprint density at radius 1 is 0.889 bits per heavy atom. The number of nitrogens with zero attached hydrogens (tertiary/aromatic N) is 2. The summed E-state index contributed by atoms with van der Waals surface area (Å²) in [5.74, 6) is 1.73. The summed E-state index contributed by atoms with van der Waals surface area (Å²) in [7, 11) is 3.35. The highest BCUT2D eigenvalue weighted by Gasteiger charge is 2.26. The van der Waals surface area contributed by atoms with Gasteiger partial charge in [0.2, 0.25) is 5.91 Å². The highest BCUT2D eigenvalue weighted by Crippen LogP contribution is 2.36. The molecule has 0 radical (unpaired) electrons. The molecule has 1 aromatic heterocycles. The van der Waals surface area contributed by atoms with Crippen LogP contribution < -0.4 is 9.47 Å². The molecule has 4 aromatic rings. The molecule has 1 fully saturated rings. The molecule has 36 heavy (non-hydrogen) atoms. The molecule has 1 atom stereocenters. The lowest BCUT2D eigenvalue weighted by Crippen LogP contribution is -2.41. The van der Waals surface area contributed by atoms with E-state index in [9.17, 15) is 4.79 Å². The number of hydrogen-bond acceptors (Lipinski definition) is 4. The Hall–Kier alpha value is -3.77. The van der Waals surface area contributed by atoms with Crippen LogP contribution in [0.15, 0.2) is 79.0 Å². The number of amides is 1. The number of hydrogen-bond donors (Lipinski definition) is 0. The van der Waals surface area contributed by atoms with Crippen LogP contribution in [-0.4, -0.2) is 55.9 Å². The Labute approximate surface area is 212 Å². The third kappa shape index (κ3) is 5.09. The van der Waals surface area contributed by atoms with Crippen molar-refractivity contribution in [2.75, 3.05) is 40.5 Å². The van der Waals surface area contributed by atoms with Gasteiger partial charge < -0.3 is 23.7 Å². The predicted octanol–water partition coefficient (Wildman–Crippen LogP) is 5.09. The fourth-order valence-corrected chi connectivity index (χ4v) is 4.97. The molecule has 0 aliphatic carbocycles. The Morgan fingerprint density at radius 3 is 2.19 bits per heavy atom. The van der Waals surface area contributed by atoms with Crippen LogP contribution in [0.1, 0.15) is 29.0 Å². The highest BCUT2D eigenvalue weighted by atomic mass is 16.5. The van der Waals surface area contributed by atoms with Gasteiger partial charge in [-0.05, 0) is 47.0 Å². The summed E-state index contributed by atoms with van der Waals surface area (Å²) in [5.41, 5.74) is 4.60. The molecule has 0 saturated carbocycles. The number of fused-ring (bicyclic) bond motifs is 1. The van der Waals surface area contributed by atoms with Crippen LogP contribution in [0.4, 0.5) is 0 Å². The number of benzene rings is 3. The van der Waals surface area contributed by atoms with Crippen molar-refractivity contribution in [1.82, 2.24) is 9.47 Å². The molecule has 1 saturated heterocycles. The van der Waals surface area contributed by atoms with Gasteiger partial charge in [-0.25, -0.2) is 0 Å². The normalized spacial score (nSPS) is 14.6. The summed E-state index contributed by atoms with van der Waals surface area (Å²) in [6, 6.07) is 24.7. The maximum Gasteiger partial charge on any atom is 0.223 e. The van der Waals surface area contributed by atoms with Crippen molar-refractivity contribution in [3.8, 4) is 11.5 Å². The van der Waals surface area contributed by atoms with E-state index in [1.165, 1.54) is 10.9 Å². The first-order chi connectivity index (χ1) is 17.7. The number of methoxy groups -OCH3 is 2. The molecule has 3 aromatic carbocycles. The Morgan fingerprint density at radius 2 is 1.53 bits per heavy atom. The number of para-hydroxylation sites is 1. The van der Waals surface area contributed by atoms with Gasteiger partial charge in [0.05, 0.1) is 27.4 Å². The Kier molecular flexibility index (Phi) is 7.23. The largest absolute Gasteiger partial charge is 0.497 e. The van der Waals surface area contributed by atoms with Crippen molar-refractivity contribution in [2.24, 2.45) is 0 Å². The number of rotatable bonds is 8. The molecule has 1 amide bonds. The maximum absolute atomic E-state index is 13.4. The quantitative estimate of drug-likeness (QED) is 0.350. The van der Waals surface area contributed by atoms with Crippen LogP contribution in [0.5, 0.6) is 11.5 Å². The molecule has 1 aliphatic heterocycles. The number of aromatic nitrogens is 1. The summed E-state index contributed by atoms with van der Waals surface area (Å²) < 4.78 is 18.4. The van der Waals surface area contributed by atoms with Gasteiger partial charge in [-0.2, -0.15) is 0 Å². The molecule has 0 N–H and O–H groups in total. The van der Waals surface area contributed by atoms with E-state index in [0.29, 0.717) is 32.7 Å². The topological polar surface area (TPSA) is 52.9 Å². The van der Waals surface area contributed by atoms with Crippen LogP contribution in [0.25, 0.3) is 10.9 Å². The van der Waals surface area contributed by atoms with Crippen LogP contribution in [-0.2, 0) is 16.1 Å². The van der Waals surface area contributed by atoms with Crippen LogP contribution in [0.3, 0.4) is 0 Å². The summed E-state index contributed by atoms with van der Waals surface area (Å²) >= 11 is 0. The molecule has 0 unspecified atom stereocenters. The molecular weight excluding hydrogens is 452 g/mol. The average molecular weight is 485 g/mol. The number of morpholine rings is 1. The number of carbonyl (C=O) groups is 1. The lowest BCUT2D eigenvalue weighted by molar-refractivity contribution is -0.135. The monoisotopic (exact) mass is 484 g/mol. The fourth-order valence-electron chi connectivity index (χ4n) is 4.97. The molecule has 1 aliphatic rings. The number of carbonyl (C=O) groups excluding carboxylic acids is 1. The minimum absolute atomic E-state index is 0.0757. The second-order valence-corrected chi connectivity index (χ2v) is 9.10. The van der Waals surface area contributed by atoms with E-state index in [4.69, 9.17) is 14.2 Å². The summed E-state index contributed by atoms with van der Waals surface area (Å²) in [6.45, 7) is 3.22. The molecule has 2 heterocycles. The van der Waals surface area contributed by atoms with E-state index in [2.05, 4.69) is 59.3 Å². The zero-order valence-corrected chi connectivity index (χ0v) is 20.9. The minimum atomic E-state index is -0.0757. The third-order valence-corrected chi connectivity index (χ3v) is 6.97. The number of ether oxygens (including phenoxy) is 3. The molecule has 6 nitrogen and oxygen atoms in total. The van der Waals surface area contributed by atoms with Crippen molar-refractivity contribution in [1.29, 1.82) is 0 Å². The average Bonchev–Trinajstić information content (AvgIpc) is 3.30. The minimum Gasteiger partial charge on any atom is -0.497 e. The molecule has 186 valence electrons. The van der Waals surface area contributed by atoms with E-state index in [0.717, 1.165) is 34.7 Å². The van der Waals surface area contributed by atoms with Gasteiger partial charge in [-0.1, -0.05) is 42.5 Å². The van der Waals surface area contributed by atoms with Gasteiger partial charge in [-0.15, -0.1) is 0 Å². The first-order valence-corrected chi connectivity index (χ1v) is 12.4. The van der Waals surface area contributed by atoms with Crippen LogP contribution in [0, 0.1) is 0 Å². The first kappa shape index (κ1) is 23.9. The van der Waals surface area contributed by atoms with Crippen molar-refractivity contribution in [3.05, 3.63) is 95.7 Å². The third-order valence-electron chi connectivity index (χ3n) is 6.97. The smallest absolute Gasteiger partial charge is 0.223 e. The van der Waals surface area contributed by atoms with Gasteiger partial charge in [0.15, 0.2) is 0 Å². The molecule has 0 bridgehead atoms. The Balaban J connectivity index is 1.53. The first-order valence-electron chi connectivity index (χ1n) is 12.4. The van der Waals surface area contributed by atoms with Crippen molar-refractivity contribution in [2.45, 2.75) is 18.9 Å². The van der Waals surface area contributed by atoms with Gasteiger partial charge in [0.1, 0.15) is 11.5 Å². The molecule has 5 rings (SSSR count). The lowest BCUT2D eigenvalue weighted by atomic mass is 9.87. The van der Waals surface area contributed by atoms with Gasteiger partial charge in [0, 0.05) is 49.1 Å². The van der Waals surface area contributed by atoms with Crippen LogP contribution in [0.2, 0.25) is 0 Å². The zero-order valence-electron chi connectivity index (χ0n) is 20.9. The molecular formula is C30H32N2O4. The zero-order chi connectivity index (χ0) is 24.9. The van der Waals surface area contributed by atoms with E-state index in [1.807, 2.05) is 29.2 Å². The maximum atomic E-state index is 13.4. The second-order valence-electron chi connectivity index (χ2n) is 9.10. The standard InChI is InChI=1S/C30H32N2O4/c1-34-24-11-7-22(8-12-24)20-32-21-28(26-5-3-4-6-29(26)32)27(23-9-13-25(35-2)14-10-23)19-30(33)31-15-17-36-18-16-31/h3-14,21,27H,15-20H2,1-2H3/t27-/m1/s1. The van der Waals surface area contributed by atoms with Gasteiger partial charge >= 0.3 is 0 Å². The van der Waals surface area contributed by atoms with Crippen LogP contribution >= 0.6 is 0 Å². The van der Waals surface area contributed by atoms with Gasteiger partial charge in [-0.3, -0.25) is 4.79 Å². The Bertz CT molecular complexity index is 1310. The van der Waals surface area contributed by atoms with E-state index < -0.39 is 0 Å². The van der Waals surface area contributed by atoms with Crippen molar-refractivity contribution in [3.63, 3.8) is 0 Å². The SMILES string of the molecule is COc1ccc(Cn2cc([C@H](CC(=O)N3CCOCC3)c3ccc(OC)cc3)c3ccccc32)cc1. The predicted molar refractivity (Wildman–Crippen MR) is 141 cm³/mol. The summed E-state index contributed by atoms with van der Waals surface area (Å²) in [4.78, 5) is 15.3.